The smallest absolute Gasteiger partial charge is 0.258 e. The highest BCUT2D eigenvalue weighted by Crippen LogP contribution is 2.35. The highest BCUT2D eigenvalue weighted by atomic mass is 16.6. The largest absolute Gasteiger partial charge is 0.270 e. The molecule has 0 amide bonds. The molecule has 10 nitrogen and oxygen atoms in total. The molecule has 8 rings (SSSR count). The van der Waals surface area contributed by atoms with E-state index in [1.807, 2.05) is 109 Å². The van der Waals surface area contributed by atoms with Crippen molar-refractivity contribution in [3.63, 3.8) is 0 Å². The zero-order chi connectivity index (χ0) is 34.9. The number of hydrogen-bond acceptors (Lipinski definition) is 8. The maximum atomic E-state index is 11.5. The Hall–Kier alpha value is -7.20. The van der Waals surface area contributed by atoms with E-state index in [4.69, 9.17) is 19.9 Å². The lowest BCUT2D eigenvalue weighted by Crippen LogP contribution is -1.99. The van der Waals surface area contributed by atoms with Crippen molar-refractivity contribution in [3.8, 4) is 45.0 Å². The van der Waals surface area contributed by atoms with E-state index < -0.39 is 9.85 Å². The van der Waals surface area contributed by atoms with Crippen LogP contribution in [0, 0.1) is 20.2 Å². The van der Waals surface area contributed by atoms with Gasteiger partial charge in [0.15, 0.2) is 0 Å². The number of hydrogen-bond donors (Lipinski definition) is 0. The first kappa shape index (κ1) is 31.1. The summed E-state index contributed by atoms with van der Waals surface area (Å²) in [7, 11) is 0. The van der Waals surface area contributed by atoms with Gasteiger partial charge in [-0.3, -0.25) is 20.2 Å². The molecule has 0 bridgehead atoms. The van der Waals surface area contributed by atoms with E-state index in [0.29, 0.717) is 62.4 Å². The van der Waals surface area contributed by atoms with Crippen LogP contribution in [0.5, 0.6) is 0 Å². The van der Waals surface area contributed by atoms with E-state index >= 15 is 0 Å². The van der Waals surface area contributed by atoms with Crippen LogP contribution in [0.15, 0.2) is 146 Å². The van der Waals surface area contributed by atoms with Gasteiger partial charge in [0.2, 0.25) is 0 Å². The third-order valence-corrected chi connectivity index (χ3v) is 8.62. The summed E-state index contributed by atoms with van der Waals surface area (Å²) in [5.74, 6) is 0. The molecule has 244 valence electrons. The van der Waals surface area contributed by atoms with Crippen LogP contribution in [-0.2, 0) is 6.42 Å². The Morgan fingerprint density at radius 2 is 0.765 bits per heavy atom. The van der Waals surface area contributed by atoms with Crippen LogP contribution in [0.1, 0.15) is 11.1 Å². The van der Waals surface area contributed by atoms with Gasteiger partial charge in [-0.05, 0) is 41.8 Å². The fourth-order valence-electron chi connectivity index (χ4n) is 6.19. The highest BCUT2D eigenvalue weighted by Gasteiger charge is 2.18. The number of benzene rings is 6. The number of nitro groups is 2. The van der Waals surface area contributed by atoms with Crippen LogP contribution in [0.4, 0.5) is 11.4 Å². The average molecular weight is 667 g/mol. The van der Waals surface area contributed by atoms with Gasteiger partial charge in [-0.2, -0.15) is 0 Å². The zero-order valence-electron chi connectivity index (χ0n) is 26.9. The lowest BCUT2D eigenvalue weighted by atomic mass is 10.0. The van der Waals surface area contributed by atoms with Crippen molar-refractivity contribution in [2.24, 2.45) is 0 Å². The minimum atomic E-state index is -0.413. The maximum absolute atomic E-state index is 11.5. The summed E-state index contributed by atoms with van der Waals surface area (Å²) < 4.78 is 0. The molecular formula is C41H26N6O4. The predicted octanol–water partition coefficient (Wildman–Crippen LogP) is 9.65. The van der Waals surface area contributed by atoms with Gasteiger partial charge in [-0.15, -0.1) is 0 Å². The van der Waals surface area contributed by atoms with Crippen molar-refractivity contribution in [3.05, 3.63) is 177 Å². The van der Waals surface area contributed by atoms with Crippen LogP contribution in [0.3, 0.4) is 0 Å². The van der Waals surface area contributed by atoms with Crippen molar-refractivity contribution < 1.29 is 9.85 Å². The van der Waals surface area contributed by atoms with Gasteiger partial charge in [0.25, 0.3) is 11.4 Å². The van der Waals surface area contributed by atoms with Gasteiger partial charge in [0.1, 0.15) is 0 Å². The summed E-state index contributed by atoms with van der Waals surface area (Å²) in [6.07, 6.45) is 0.593. The molecular weight excluding hydrogens is 640 g/mol. The third kappa shape index (κ3) is 6.25. The molecule has 6 aromatic carbocycles. The van der Waals surface area contributed by atoms with E-state index in [1.54, 1.807) is 12.1 Å². The fraction of sp³-hybridized carbons (Fsp3) is 0.0244. The Labute approximate surface area is 291 Å². The Kier molecular flexibility index (Phi) is 7.93. The van der Waals surface area contributed by atoms with Crippen molar-refractivity contribution in [2.75, 3.05) is 0 Å². The number of non-ortho nitro benzene ring substituents is 2. The first-order valence-electron chi connectivity index (χ1n) is 16.1. The molecule has 10 heteroatoms. The first-order valence-corrected chi connectivity index (χ1v) is 16.1. The summed E-state index contributed by atoms with van der Waals surface area (Å²) in [6.45, 7) is 0. The molecule has 0 radical (unpaired) electrons. The molecule has 0 N–H and O–H groups in total. The van der Waals surface area contributed by atoms with Crippen LogP contribution in [-0.4, -0.2) is 29.8 Å². The summed E-state index contributed by atoms with van der Waals surface area (Å²) in [6, 6.07) is 44.1. The molecule has 0 fully saturated rings. The van der Waals surface area contributed by atoms with Crippen LogP contribution < -0.4 is 0 Å². The first-order chi connectivity index (χ1) is 24.9. The van der Waals surface area contributed by atoms with Gasteiger partial charge in [-0.1, -0.05) is 97.1 Å². The summed E-state index contributed by atoms with van der Waals surface area (Å²) in [5.41, 5.74) is 10.1. The minimum Gasteiger partial charge on any atom is -0.258 e. The van der Waals surface area contributed by atoms with E-state index in [2.05, 4.69) is 0 Å². The maximum Gasteiger partial charge on any atom is 0.270 e. The molecule has 0 atom stereocenters. The van der Waals surface area contributed by atoms with Crippen molar-refractivity contribution in [1.82, 2.24) is 19.9 Å². The standard InChI is InChI=1S/C41H26N6O4/c48-46(49)32-15-7-13-30(24-32)40-38(28-9-3-1-4-10-28)44-36-22-26(17-19-34(36)42-40)21-27-18-20-35-37(23-27)45-39(29-11-5-2-6-12-29)41(43-35)31-14-8-16-33(25-31)47(50)51/h1-20,22-25H,21H2. The SMILES string of the molecule is O=[N+]([O-])c1cccc(-c2nc3ccc(Cc4ccc5nc(-c6cccc([N+](=O)[O-])c6)c(-c6ccccc6)nc5c4)cc3nc2-c2ccccc2)c1. The van der Waals surface area contributed by atoms with E-state index in [0.717, 1.165) is 22.3 Å². The van der Waals surface area contributed by atoms with Crippen molar-refractivity contribution in [2.45, 2.75) is 6.42 Å². The lowest BCUT2D eigenvalue weighted by molar-refractivity contribution is -0.385. The van der Waals surface area contributed by atoms with E-state index in [1.165, 1.54) is 24.3 Å². The second-order valence-corrected chi connectivity index (χ2v) is 12.0. The minimum absolute atomic E-state index is 0.0139. The van der Waals surface area contributed by atoms with Crippen molar-refractivity contribution in [1.29, 1.82) is 0 Å². The number of nitro benzene ring substituents is 2. The lowest BCUT2D eigenvalue weighted by Gasteiger charge is -2.12. The summed E-state index contributed by atoms with van der Waals surface area (Å²) >= 11 is 0. The topological polar surface area (TPSA) is 138 Å². The third-order valence-electron chi connectivity index (χ3n) is 8.62. The fourth-order valence-corrected chi connectivity index (χ4v) is 6.19. The molecule has 0 spiro atoms. The van der Waals surface area contributed by atoms with Gasteiger partial charge in [-0.25, -0.2) is 19.9 Å². The number of rotatable bonds is 8. The monoisotopic (exact) mass is 666 g/mol. The molecule has 0 saturated carbocycles. The summed E-state index contributed by atoms with van der Waals surface area (Å²) in [4.78, 5) is 42.3. The predicted molar refractivity (Wildman–Crippen MR) is 197 cm³/mol. The number of fused-ring (bicyclic) bond motifs is 2. The number of aromatic nitrogens is 4. The van der Waals surface area contributed by atoms with E-state index in [-0.39, 0.29) is 11.4 Å². The number of nitrogens with zero attached hydrogens (tertiary/aromatic N) is 6. The Balaban J connectivity index is 1.19. The highest BCUT2D eigenvalue weighted by molar-refractivity contribution is 5.88. The molecule has 0 unspecified atom stereocenters. The van der Waals surface area contributed by atoms with Gasteiger partial charge >= 0.3 is 0 Å². The molecule has 0 aliphatic carbocycles. The van der Waals surface area contributed by atoms with Crippen molar-refractivity contribution >= 4 is 33.4 Å². The molecule has 51 heavy (non-hydrogen) atoms. The molecule has 8 aromatic rings. The van der Waals surface area contributed by atoms with Crippen LogP contribution in [0.25, 0.3) is 67.1 Å². The quantitative estimate of drug-likeness (QED) is 0.115. The average Bonchev–Trinajstić information content (AvgIpc) is 3.17. The van der Waals surface area contributed by atoms with Gasteiger partial charge in [0.05, 0.1) is 54.7 Å². The summed E-state index contributed by atoms with van der Waals surface area (Å²) in [5, 5.41) is 23.1. The molecule has 0 saturated heterocycles. The normalized spacial score (nSPS) is 11.1. The molecule has 2 heterocycles. The van der Waals surface area contributed by atoms with Crippen LogP contribution >= 0.6 is 0 Å². The van der Waals surface area contributed by atoms with Crippen LogP contribution in [0.2, 0.25) is 0 Å². The zero-order valence-corrected chi connectivity index (χ0v) is 26.9. The Morgan fingerprint density at radius 1 is 0.392 bits per heavy atom. The Morgan fingerprint density at radius 3 is 1.18 bits per heavy atom. The van der Waals surface area contributed by atoms with Gasteiger partial charge in [0, 0.05) is 46.5 Å². The second-order valence-electron chi connectivity index (χ2n) is 12.0. The second kappa shape index (κ2) is 13.0. The van der Waals surface area contributed by atoms with Gasteiger partial charge < -0.3 is 0 Å². The Bertz CT molecular complexity index is 2450. The van der Waals surface area contributed by atoms with E-state index in [9.17, 15) is 20.2 Å². The molecule has 0 aliphatic heterocycles. The molecule has 0 aliphatic rings. The molecule has 2 aromatic heterocycles.